The number of benzene rings is 3. The zero-order valence-electron chi connectivity index (χ0n) is 22.2. The second-order valence-corrected chi connectivity index (χ2v) is 11.1. The number of carbonyl (C=O) groups excluding carboxylic acids is 1. The number of amidine groups is 1. The molecule has 3 aromatic carbocycles. The molecular formula is C32H29FN4O2S. The number of aliphatic imine (C=N–C) groups is 1. The number of para-hydroxylation sites is 1. The molecule has 8 heteroatoms. The summed E-state index contributed by atoms with van der Waals surface area (Å²) >= 11 is 1.44. The second-order valence-electron chi connectivity index (χ2n) is 10.1. The van der Waals surface area contributed by atoms with E-state index >= 15 is 0 Å². The summed E-state index contributed by atoms with van der Waals surface area (Å²) in [6, 6.07) is 24.0. The van der Waals surface area contributed by atoms with Crippen LogP contribution in [0.15, 0.2) is 95.0 Å². The summed E-state index contributed by atoms with van der Waals surface area (Å²) in [4.78, 5) is 20.1. The van der Waals surface area contributed by atoms with Crippen LogP contribution in [0.5, 0.6) is 5.75 Å². The van der Waals surface area contributed by atoms with Crippen LogP contribution >= 0.6 is 11.8 Å². The molecule has 40 heavy (non-hydrogen) atoms. The minimum atomic E-state index is -0.287. The Morgan fingerprint density at radius 3 is 2.60 bits per heavy atom. The van der Waals surface area contributed by atoms with Crippen LogP contribution in [-0.2, 0) is 11.4 Å². The third-order valence-electron chi connectivity index (χ3n) is 7.07. The van der Waals surface area contributed by atoms with Gasteiger partial charge in [-0.25, -0.2) is 9.07 Å². The highest BCUT2D eigenvalue weighted by molar-refractivity contribution is 8.18. The first kappa shape index (κ1) is 26.1. The van der Waals surface area contributed by atoms with Gasteiger partial charge in [0.1, 0.15) is 18.2 Å². The lowest BCUT2D eigenvalue weighted by molar-refractivity contribution is -0.113. The molecular weight excluding hydrogens is 523 g/mol. The van der Waals surface area contributed by atoms with Crippen LogP contribution in [-0.4, -0.2) is 38.8 Å². The van der Waals surface area contributed by atoms with Crippen molar-refractivity contribution in [3.63, 3.8) is 0 Å². The molecule has 1 amide bonds. The van der Waals surface area contributed by atoms with E-state index in [1.807, 2.05) is 71.6 Å². The summed E-state index contributed by atoms with van der Waals surface area (Å²) < 4.78 is 21.6. The highest BCUT2D eigenvalue weighted by atomic mass is 32.2. The number of hydrogen-bond donors (Lipinski definition) is 0. The molecule has 0 unspecified atom stereocenters. The Morgan fingerprint density at radius 2 is 1.82 bits per heavy atom. The van der Waals surface area contributed by atoms with E-state index in [4.69, 9.17) is 9.84 Å². The fourth-order valence-electron chi connectivity index (χ4n) is 4.95. The second kappa shape index (κ2) is 11.5. The van der Waals surface area contributed by atoms with Gasteiger partial charge in [0.2, 0.25) is 0 Å². The number of likely N-dealkylation sites (tertiary alicyclic amines) is 1. The molecule has 2 aliphatic heterocycles. The molecule has 0 radical (unpaired) electrons. The van der Waals surface area contributed by atoms with Crippen LogP contribution < -0.4 is 4.74 Å². The molecule has 2 aliphatic rings. The number of carbonyl (C=O) groups is 1. The molecule has 1 aromatic heterocycles. The van der Waals surface area contributed by atoms with Gasteiger partial charge in [-0.3, -0.25) is 4.79 Å². The Kier molecular flexibility index (Phi) is 7.51. The Balaban J connectivity index is 1.27. The minimum Gasteiger partial charge on any atom is -0.489 e. The highest BCUT2D eigenvalue weighted by Gasteiger charge is 2.29. The number of rotatable bonds is 6. The van der Waals surface area contributed by atoms with E-state index < -0.39 is 0 Å². The van der Waals surface area contributed by atoms with Gasteiger partial charge in [-0.2, -0.15) is 10.1 Å². The van der Waals surface area contributed by atoms with Crippen molar-refractivity contribution in [3.05, 3.63) is 107 Å². The normalized spacial score (nSPS) is 18.3. The first-order valence-electron chi connectivity index (χ1n) is 13.4. The van der Waals surface area contributed by atoms with Gasteiger partial charge < -0.3 is 9.64 Å². The summed E-state index contributed by atoms with van der Waals surface area (Å²) in [6.45, 7) is 4.24. The average Bonchev–Trinajstić information content (AvgIpc) is 3.57. The van der Waals surface area contributed by atoms with Crippen LogP contribution in [0.1, 0.15) is 30.9 Å². The van der Waals surface area contributed by atoms with Gasteiger partial charge in [-0.15, -0.1) is 0 Å². The van der Waals surface area contributed by atoms with E-state index in [1.165, 1.54) is 24.2 Å². The van der Waals surface area contributed by atoms with Gasteiger partial charge in [0.15, 0.2) is 5.17 Å². The van der Waals surface area contributed by atoms with Gasteiger partial charge in [0.25, 0.3) is 5.91 Å². The monoisotopic (exact) mass is 552 g/mol. The molecule has 1 saturated heterocycles. The van der Waals surface area contributed by atoms with Crippen LogP contribution in [0.3, 0.4) is 0 Å². The molecule has 6 rings (SSSR count). The molecule has 202 valence electrons. The number of thioether (sulfide) groups is 1. The zero-order chi connectivity index (χ0) is 27.5. The molecule has 3 heterocycles. The van der Waals surface area contributed by atoms with Crippen LogP contribution in [0.4, 0.5) is 4.39 Å². The SMILES string of the molecule is C[C@@H]1CCCN(C2=NC(=O)/C(=C/c3cn(-c4ccccc4)nc3-c3ccc(OCc4ccccc4F)cc3)S2)C1. The largest absolute Gasteiger partial charge is 0.489 e. The van der Waals surface area contributed by atoms with Crippen molar-refractivity contribution >= 4 is 28.9 Å². The average molecular weight is 553 g/mol. The lowest BCUT2D eigenvalue weighted by atomic mass is 10.0. The third kappa shape index (κ3) is 5.72. The summed E-state index contributed by atoms with van der Waals surface area (Å²) in [5, 5.41) is 5.67. The zero-order valence-corrected chi connectivity index (χ0v) is 23.0. The van der Waals surface area contributed by atoms with Crippen molar-refractivity contribution in [1.82, 2.24) is 14.7 Å². The number of halogens is 1. The summed E-state index contributed by atoms with van der Waals surface area (Å²) in [7, 11) is 0. The number of aromatic nitrogens is 2. The topological polar surface area (TPSA) is 59.7 Å². The van der Waals surface area contributed by atoms with Crippen molar-refractivity contribution in [2.45, 2.75) is 26.4 Å². The first-order chi connectivity index (χ1) is 19.5. The van der Waals surface area contributed by atoms with Gasteiger partial charge in [0.05, 0.1) is 16.3 Å². The van der Waals surface area contributed by atoms with Crippen molar-refractivity contribution < 1.29 is 13.9 Å². The molecule has 0 saturated carbocycles. The van der Waals surface area contributed by atoms with Gasteiger partial charge in [0, 0.05) is 36.0 Å². The number of ether oxygens (including phenoxy) is 1. The van der Waals surface area contributed by atoms with E-state index in [0.717, 1.165) is 47.2 Å². The maximum atomic E-state index is 14.0. The number of piperidine rings is 1. The Labute approximate surface area is 237 Å². The van der Waals surface area contributed by atoms with Crippen LogP contribution in [0.2, 0.25) is 0 Å². The molecule has 0 bridgehead atoms. The van der Waals surface area contributed by atoms with E-state index in [0.29, 0.717) is 22.1 Å². The predicted molar refractivity (Wildman–Crippen MR) is 158 cm³/mol. The standard InChI is InChI=1S/C32H29FN4O2S/c1-22-8-7-17-36(19-22)32-34-31(38)29(40-32)18-25-20-37(26-10-3-2-4-11-26)35-30(25)23-13-15-27(16-14-23)39-21-24-9-5-6-12-28(24)33/h2-6,9-16,18,20,22H,7-8,17,19,21H2,1H3/b29-18-/t22-/m1/s1. The van der Waals surface area contributed by atoms with Crippen molar-refractivity contribution in [3.8, 4) is 22.7 Å². The van der Waals surface area contributed by atoms with E-state index in [-0.39, 0.29) is 18.3 Å². The summed E-state index contributed by atoms with van der Waals surface area (Å²) in [5.74, 6) is 0.720. The van der Waals surface area contributed by atoms with E-state index in [9.17, 15) is 9.18 Å². The molecule has 0 N–H and O–H groups in total. The van der Waals surface area contributed by atoms with E-state index in [2.05, 4.69) is 16.8 Å². The number of hydrogen-bond acceptors (Lipinski definition) is 5. The molecule has 0 spiro atoms. The van der Waals surface area contributed by atoms with Crippen LogP contribution in [0.25, 0.3) is 23.0 Å². The van der Waals surface area contributed by atoms with E-state index in [1.54, 1.807) is 18.2 Å². The Morgan fingerprint density at radius 1 is 1.05 bits per heavy atom. The van der Waals surface area contributed by atoms with Crippen molar-refractivity contribution in [1.29, 1.82) is 0 Å². The maximum Gasteiger partial charge on any atom is 0.286 e. The Hall–Kier alpha value is -4.17. The van der Waals surface area contributed by atoms with Gasteiger partial charge in [-0.1, -0.05) is 43.3 Å². The van der Waals surface area contributed by atoms with Crippen LogP contribution in [0, 0.1) is 11.7 Å². The summed E-state index contributed by atoms with van der Waals surface area (Å²) in [6.07, 6.45) is 6.15. The van der Waals surface area contributed by atoms with Crippen molar-refractivity contribution in [2.75, 3.05) is 13.1 Å². The summed E-state index contributed by atoms with van der Waals surface area (Å²) in [5.41, 5.74) is 3.86. The molecule has 6 nitrogen and oxygen atoms in total. The molecule has 0 aliphatic carbocycles. The molecule has 1 fully saturated rings. The van der Waals surface area contributed by atoms with Crippen molar-refractivity contribution in [2.24, 2.45) is 10.9 Å². The molecule has 1 atom stereocenters. The Bertz CT molecular complexity index is 1580. The predicted octanol–water partition coefficient (Wildman–Crippen LogP) is 6.96. The van der Waals surface area contributed by atoms with Gasteiger partial charge in [-0.05, 0) is 79.1 Å². The third-order valence-corrected chi connectivity index (χ3v) is 8.11. The molecule has 4 aromatic rings. The first-order valence-corrected chi connectivity index (χ1v) is 14.2. The fraction of sp³-hybridized carbons (Fsp3) is 0.219. The lowest BCUT2D eigenvalue weighted by Crippen LogP contribution is -2.37. The highest BCUT2D eigenvalue weighted by Crippen LogP contribution is 2.35. The minimum absolute atomic E-state index is 0.142. The number of amides is 1. The maximum absolute atomic E-state index is 14.0. The number of nitrogens with zero attached hydrogens (tertiary/aromatic N) is 4. The quantitative estimate of drug-likeness (QED) is 0.242. The lowest BCUT2D eigenvalue weighted by Gasteiger charge is -2.31. The fourth-order valence-corrected chi connectivity index (χ4v) is 5.89. The van der Waals surface area contributed by atoms with Gasteiger partial charge >= 0.3 is 0 Å². The smallest absolute Gasteiger partial charge is 0.286 e.